The van der Waals surface area contributed by atoms with Crippen LogP contribution in [-0.4, -0.2) is 51.9 Å². The largest absolute Gasteiger partial charge is 0.480 e. The van der Waals surface area contributed by atoms with E-state index in [1.54, 1.807) is 12.1 Å². The lowest BCUT2D eigenvalue weighted by Gasteiger charge is -2.14. The molecule has 0 radical (unpaired) electrons. The molecule has 13 heteroatoms. The standard InChI is InChI=1S/C23H19F3N2O6S2/c1-33-21(32)17(27)8-12-2-5-14(6-3-12)34-15-7-4-13(16(10-15)23(24,25)26)9-18-20(31)28(11-19(29)30)22(35)36-18/h2-7,9-10,17H,8,11,27H2,1H3,(H,29,30)/t17-/m0/s1. The summed E-state index contributed by atoms with van der Waals surface area (Å²) in [4.78, 5) is 35.5. The van der Waals surface area contributed by atoms with Crippen LogP contribution >= 0.6 is 24.0 Å². The maximum Gasteiger partial charge on any atom is 0.417 e. The summed E-state index contributed by atoms with van der Waals surface area (Å²) in [5, 5.41) is 8.90. The Kier molecular flexibility index (Phi) is 8.38. The van der Waals surface area contributed by atoms with Crippen LogP contribution in [0.2, 0.25) is 0 Å². The van der Waals surface area contributed by atoms with E-state index in [9.17, 15) is 27.6 Å². The van der Waals surface area contributed by atoms with Crippen molar-refractivity contribution in [1.82, 2.24) is 4.90 Å². The smallest absolute Gasteiger partial charge is 0.417 e. The molecule has 0 bridgehead atoms. The van der Waals surface area contributed by atoms with Crippen molar-refractivity contribution in [2.45, 2.75) is 18.6 Å². The van der Waals surface area contributed by atoms with Gasteiger partial charge in [0.2, 0.25) is 0 Å². The first-order chi connectivity index (χ1) is 16.9. The number of carboxylic acid groups (broad SMARTS) is 1. The lowest BCUT2D eigenvalue weighted by molar-refractivity contribution is -0.142. The molecule has 1 fully saturated rings. The summed E-state index contributed by atoms with van der Waals surface area (Å²) in [5.74, 6) is -2.51. The molecule has 2 aromatic carbocycles. The van der Waals surface area contributed by atoms with E-state index in [2.05, 4.69) is 4.74 Å². The maximum absolute atomic E-state index is 13.8. The molecule has 3 N–H and O–H groups in total. The van der Waals surface area contributed by atoms with Gasteiger partial charge in [0.25, 0.3) is 5.91 Å². The van der Waals surface area contributed by atoms with Gasteiger partial charge in [0.15, 0.2) is 0 Å². The zero-order valence-corrected chi connectivity index (χ0v) is 20.2. The number of halogens is 3. The van der Waals surface area contributed by atoms with Crippen molar-refractivity contribution in [1.29, 1.82) is 0 Å². The molecule has 0 aromatic heterocycles. The van der Waals surface area contributed by atoms with Gasteiger partial charge in [-0.25, -0.2) is 0 Å². The number of aliphatic carboxylic acids is 1. The van der Waals surface area contributed by atoms with Crippen LogP contribution in [0.1, 0.15) is 16.7 Å². The fraction of sp³-hybridized carbons (Fsp3) is 0.217. The first kappa shape index (κ1) is 27.2. The highest BCUT2D eigenvalue weighted by atomic mass is 32.2. The summed E-state index contributed by atoms with van der Waals surface area (Å²) in [6, 6.07) is 8.68. The van der Waals surface area contributed by atoms with Gasteiger partial charge in [-0.2, -0.15) is 13.2 Å². The number of nitrogens with zero attached hydrogens (tertiary/aromatic N) is 1. The number of rotatable bonds is 8. The summed E-state index contributed by atoms with van der Waals surface area (Å²) >= 11 is 5.69. The van der Waals surface area contributed by atoms with Crippen molar-refractivity contribution in [3.8, 4) is 11.5 Å². The molecule has 1 amide bonds. The van der Waals surface area contributed by atoms with Gasteiger partial charge in [-0.05, 0) is 47.9 Å². The predicted octanol–water partition coefficient (Wildman–Crippen LogP) is 3.83. The highest BCUT2D eigenvalue weighted by Gasteiger charge is 2.36. The Balaban J connectivity index is 1.82. The number of esters is 1. The van der Waals surface area contributed by atoms with Crippen molar-refractivity contribution in [3.05, 3.63) is 64.1 Å². The van der Waals surface area contributed by atoms with E-state index < -0.39 is 42.2 Å². The number of benzene rings is 2. The van der Waals surface area contributed by atoms with E-state index in [1.165, 1.54) is 25.3 Å². The Labute approximate surface area is 212 Å². The van der Waals surface area contributed by atoms with Gasteiger partial charge in [-0.15, -0.1) is 0 Å². The summed E-state index contributed by atoms with van der Waals surface area (Å²) in [7, 11) is 1.23. The Hall–Kier alpha value is -3.42. The van der Waals surface area contributed by atoms with Crippen molar-refractivity contribution in [2.75, 3.05) is 13.7 Å². The van der Waals surface area contributed by atoms with Gasteiger partial charge in [0.1, 0.15) is 28.4 Å². The Bertz CT molecular complexity index is 1230. The van der Waals surface area contributed by atoms with E-state index in [4.69, 9.17) is 27.8 Å². The second kappa shape index (κ2) is 11.1. The van der Waals surface area contributed by atoms with Gasteiger partial charge in [0, 0.05) is 0 Å². The number of ether oxygens (including phenoxy) is 2. The maximum atomic E-state index is 13.8. The number of hydrogen-bond acceptors (Lipinski definition) is 8. The Morgan fingerprint density at radius 3 is 2.42 bits per heavy atom. The number of hydrogen-bond donors (Lipinski definition) is 2. The van der Waals surface area contributed by atoms with Crippen molar-refractivity contribution in [3.63, 3.8) is 0 Å². The van der Waals surface area contributed by atoms with E-state index in [0.717, 1.165) is 34.9 Å². The number of carbonyl (C=O) groups is 3. The number of thiocarbonyl (C=S) groups is 1. The molecule has 1 aliphatic rings. The summed E-state index contributed by atoms with van der Waals surface area (Å²) in [6.45, 7) is -0.686. The van der Waals surface area contributed by atoms with Crippen molar-refractivity contribution >= 4 is 52.2 Å². The molecule has 3 rings (SSSR count). The average molecular weight is 541 g/mol. The van der Waals surface area contributed by atoms with Crippen LogP contribution in [0.25, 0.3) is 6.08 Å². The van der Waals surface area contributed by atoms with E-state index in [1.807, 2.05) is 0 Å². The van der Waals surface area contributed by atoms with Crippen LogP contribution < -0.4 is 10.5 Å². The van der Waals surface area contributed by atoms with Crippen molar-refractivity contribution in [2.24, 2.45) is 5.73 Å². The van der Waals surface area contributed by atoms with Gasteiger partial charge in [-0.1, -0.05) is 42.2 Å². The van der Waals surface area contributed by atoms with Crippen LogP contribution in [0.15, 0.2) is 47.4 Å². The van der Waals surface area contributed by atoms with Crippen LogP contribution in [0.5, 0.6) is 11.5 Å². The number of alkyl halides is 3. The number of nitrogens with two attached hydrogens (primary N) is 1. The average Bonchev–Trinajstić information content (AvgIpc) is 3.07. The van der Waals surface area contributed by atoms with Crippen molar-refractivity contribution < 1.29 is 42.1 Å². The predicted molar refractivity (Wildman–Crippen MR) is 129 cm³/mol. The minimum Gasteiger partial charge on any atom is -0.480 e. The van der Waals surface area contributed by atoms with Gasteiger partial charge in [-0.3, -0.25) is 19.3 Å². The molecular weight excluding hydrogens is 521 g/mol. The molecule has 1 heterocycles. The third-order valence-electron chi connectivity index (χ3n) is 4.90. The second-order valence-corrected chi connectivity index (χ2v) is 9.16. The molecule has 2 aromatic rings. The van der Waals surface area contributed by atoms with Crippen LogP contribution in [-0.2, 0) is 31.7 Å². The van der Waals surface area contributed by atoms with Crippen LogP contribution in [0, 0.1) is 0 Å². The second-order valence-electron chi connectivity index (χ2n) is 7.49. The number of carboxylic acids is 1. The highest BCUT2D eigenvalue weighted by Crippen LogP contribution is 2.39. The normalized spacial score (nSPS) is 15.8. The molecule has 0 spiro atoms. The molecule has 36 heavy (non-hydrogen) atoms. The minimum atomic E-state index is -4.77. The molecule has 0 aliphatic carbocycles. The number of thioether (sulfide) groups is 1. The lowest BCUT2D eigenvalue weighted by atomic mass is 10.1. The number of methoxy groups -OCH3 is 1. The van der Waals surface area contributed by atoms with E-state index >= 15 is 0 Å². The van der Waals surface area contributed by atoms with Crippen LogP contribution in [0.3, 0.4) is 0 Å². The molecule has 0 saturated carbocycles. The molecular formula is C23H19F3N2O6S2. The minimum absolute atomic E-state index is 0.0573. The van der Waals surface area contributed by atoms with Crippen LogP contribution in [0.4, 0.5) is 13.2 Å². The van der Waals surface area contributed by atoms with E-state index in [-0.39, 0.29) is 32.7 Å². The SMILES string of the molecule is COC(=O)[C@@H](N)Cc1ccc(Oc2ccc(C=C3SC(=S)N(CC(=O)O)C3=O)c(C(F)(F)F)c2)cc1. The topological polar surface area (TPSA) is 119 Å². The summed E-state index contributed by atoms with van der Waals surface area (Å²) < 4.78 is 51.4. The number of amides is 1. The lowest BCUT2D eigenvalue weighted by Crippen LogP contribution is -2.33. The third kappa shape index (κ3) is 6.62. The number of carbonyl (C=O) groups excluding carboxylic acids is 2. The fourth-order valence-corrected chi connectivity index (χ4v) is 4.45. The Morgan fingerprint density at radius 1 is 1.19 bits per heavy atom. The van der Waals surface area contributed by atoms with E-state index in [0.29, 0.717) is 5.56 Å². The summed E-state index contributed by atoms with van der Waals surface area (Å²) in [6.07, 6.45) is -3.54. The third-order valence-corrected chi connectivity index (χ3v) is 6.28. The highest BCUT2D eigenvalue weighted by molar-refractivity contribution is 8.26. The zero-order chi connectivity index (χ0) is 26.6. The van der Waals surface area contributed by atoms with Gasteiger partial charge < -0.3 is 20.3 Å². The first-order valence-electron chi connectivity index (χ1n) is 10.2. The fourth-order valence-electron chi connectivity index (χ4n) is 3.20. The zero-order valence-electron chi connectivity index (χ0n) is 18.6. The molecule has 190 valence electrons. The van der Waals surface area contributed by atoms with Gasteiger partial charge >= 0.3 is 18.1 Å². The van der Waals surface area contributed by atoms with Gasteiger partial charge in [0.05, 0.1) is 17.6 Å². The first-order valence-corrected chi connectivity index (χ1v) is 11.4. The summed E-state index contributed by atoms with van der Waals surface area (Å²) in [5.41, 5.74) is 5.06. The molecule has 0 unspecified atom stereocenters. The Morgan fingerprint density at radius 2 is 1.83 bits per heavy atom. The molecule has 8 nitrogen and oxygen atoms in total. The molecule has 1 saturated heterocycles. The molecule has 1 atom stereocenters. The monoisotopic (exact) mass is 540 g/mol. The quantitative estimate of drug-likeness (QED) is 0.293. The molecule has 1 aliphatic heterocycles.